The Balaban J connectivity index is 1.81. The Morgan fingerprint density at radius 3 is 2.58 bits per heavy atom. The standard InChI is InChI=1S/C27H26F5N3O4S/c1-14-8-10-33-24(36)21(14)22-19-12-15(27(30,31)32)3-6-20(19)35(13-16-11-17(28)7-9-26(16,2)29)23(22)25(37)34-40(38,39)18-4-5-18/h3,6-8,10-12,14,18,21H,4-5,9,13H2,1-2H3,(H,33,36)(H,34,37). The summed E-state index contributed by atoms with van der Waals surface area (Å²) in [5.41, 5.74) is -3.75. The van der Waals surface area contributed by atoms with Crippen LogP contribution in [0.5, 0.6) is 0 Å². The van der Waals surface area contributed by atoms with Crippen LogP contribution in [0.15, 0.2) is 54.0 Å². The number of amides is 2. The van der Waals surface area contributed by atoms with Crippen molar-refractivity contribution >= 4 is 32.7 Å². The molecule has 3 unspecified atom stereocenters. The number of alkyl halides is 4. The molecule has 7 nitrogen and oxygen atoms in total. The number of hydrogen-bond acceptors (Lipinski definition) is 4. The number of rotatable bonds is 6. The first-order valence-corrected chi connectivity index (χ1v) is 14.2. The van der Waals surface area contributed by atoms with E-state index in [1.807, 2.05) is 4.72 Å². The van der Waals surface area contributed by atoms with E-state index in [2.05, 4.69) is 5.32 Å². The summed E-state index contributed by atoms with van der Waals surface area (Å²) in [4.78, 5) is 26.8. The maximum atomic E-state index is 15.5. The molecule has 0 bridgehead atoms. The van der Waals surface area contributed by atoms with E-state index >= 15 is 4.39 Å². The van der Waals surface area contributed by atoms with Crippen LogP contribution in [-0.4, -0.2) is 35.7 Å². The Morgan fingerprint density at radius 1 is 1.25 bits per heavy atom. The third kappa shape index (κ3) is 5.06. The molecule has 0 saturated heterocycles. The topological polar surface area (TPSA) is 97.3 Å². The van der Waals surface area contributed by atoms with Gasteiger partial charge in [0, 0.05) is 35.6 Å². The summed E-state index contributed by atoms with van der Waals surface area (Å²) in [6, 6.07) is 2.65. The minimum Gasteiger partial charge on any atom is -0.332 e. The Morgan fingerprint density at radius 2 is 1.95 bits per heavy atom. The summed E-state index contributed by atoms with van der Waals surface area (Å²) in [6.45, 7) is 2.34. The molecule has 0 radical (unpaired) electrons. The highest BCUT2D eigenvalue weighted by molar-refractivity contribution is 7.91. The molecular formula is C27H26F5N3O4S. The number of nitrogens with zero attached hydrogens (tertiary/aromatic N) is 1. The lowest BCUT2D eigenvalue weighted by atomic mass is 9.82. The zero-order chi connectivity index (χ0) is 29.2. The molecule has 2 N–H and O–H groups in total. The van der Waals surface area contributed by atoms with E-state index in [4.69, 9.17) is 0 Å². The van der Waals surface area contributed by atoms with Crippen molar-refractivity contribution in [3.05, 3.63) is 70.8 Å². The second-order valence-corrected chi connectivity index (χ2v) is 12.6. The van der Waals surface area contributed by atoms with Crippen molar-refractivity contribution in [2.24, 2.45) is 5.92 Å². The van der Waals surface area contributed by atoms with E-state index in [-0.39, 0.29) is 28.5 Å². The van der Waals surface area contributed by atoms with Gasteiger partial charge in [-0.15, -0.1) is 0 Å². The first kappa shape index (κ1) is 28.1. The molecule has 13 heteroatoms. The number of aromatic nitrogens is 1. The van der Waals surface area contributed by atoms with Crippen molar-refractivity contribution in [3.63, 3.8) is 0 Å². The van der Waals surface area contributed by atoms with Crippen LogP contribution in [0.1, 0.15) is 60.6 Å². The SMILES string of the molecule is CC1C=CNC(=O)C1c1c(C(=O)NS(=O)(=O)C2CC2)n(CC2=CC(F)=CCC2(C)F)c2ccc(C(F)(F)F)cc12. The Bertz CT molecular complexity index is 1610. The molecule has 2 aliphatic carbocycles. The predicted molar refractivity (Wildman–Crippen MR) is 137 cm³/mol. The van der Waals surface area contributed by atoms with Gasteiger partial charge in [-0.3, -0.25) is 9.59 Å². The van der Waals surface area contributed by atoms with Crippen LogP contribution in [0, 0.1) is 5.92 Å². The smallest absolute Gasteiger partial charge is 0.332 e. The fourth-order valence-corrected chi connectivity index (χ4v) is 6.49. The van der Waals surface area contributed by atoms with Crippen molar-refractivity contribution in [1.29, 1.82) is 0 Å². The molecule has 1 aromatic carbocycles. The number of hydrogen-bond donors (Lipinski definition) is 2. The zero-order valence-corrected chi connectivity index (χ0v) is 22.3. The average Bonchev–Trinajstić information content (AvgIpc) is 3.66. The van der Waals surface area contributed by atoms with E-state index in [0.29, 0.717) is 12.8 Å². The molecule has 2 heterocycles. The fourth-order valence-electron chi connectivity index (χ4n) is 5.21. The summed E-state index contributed by atoms with van der Waals surface area (Å²) in [5, 5.41) is 1.57. The quantitative estimate of drug-likeness (QED) is 0.460. The minimum absolute atomic E-state index is 0.0261. The number of nitrogens with one attached hydrogen (secondary N) is 2. The molecule has 5 rings (SSSR count). The Hall–Kier alpha value is -3.48. The maximum Gasteiger partial charge on any atom is 0.416 e. The van der Waals surface area contributed by atoms with Crippen LogP contribution in [-0.2, 0) is 27.5 Å². The molecule has 3 atom stereocenters. The summed E-state index contributed by atoms with van der Waals surface area (Å²) in [7, 11) is -4.12. The predicted octanol–water partition coefficient (Wildman–Crippen LogP) is 5.16. The van der Waals surface area contributed by atoms with Gasteiger partial charge in [0.05, 0.1) is 16.7 Å². The van der Waals surface area contributed by atoms with E-state index in [1.54, 1.807) is 13.0 Å². The third-order valence-electron chi connectivity index (χ3n) is 7.58. The van der Waals surface area contributed by atoms with E-state index in [0.717, 1.165) is 30.4 Å². The fraction of sp³-hybridized carbons (Fsp3) is 0.407. The van der Waals surface area contributed by atoms with Crippen molar-refractivity contribution < 1.29 is 40.0 Å². The second kappa shape index (κ2) is 9.57. The largest absolute Gasteiger partial charge is 0.416 e. The van der Waals surface area contributed by atoms with Gasteiger partial charge in [-0.05, 0) is 61.6 Å². The van der Waals surface area contributed by atoms with Crippen molar-refractivity contribution in [3.8, 4) is 0 Å². The monoisotopic (exact) mass is 583 g/mol. The summed E-state index contributed by atoms with van der Waals surface area (Å²) in [6.07, 6.45) is 0.529. The number of fused-ring (bicyclic) bond motifs is 1. The van der Waals surface area contributed by atoms with Gasteiger partial charge in [-0.25, -0.2) is 21.9 Å². The first-order valence-electron chi connectivity index (χ1n) is 12.6. The van der Waals surface area contributed by atoms with Crippen molar-refractivity contribution in [2.75, 3.05) is 0 Å². The van der Waals surface area contributed by atoms with Crippen LogP contribution < -0.4 is 10.0 Å². The van der Waals surface area contributed by atoms with Gasteiger partial charge < -0.3 is 9.88 Å². The molecule has 1 aliphatic heterocycles. The van der Waals surface area contributed by atoms with E-state index < -0.39 is 74.4 Å². The van der Waals surface area contributed by atoms with Gasteiger partial charge in [-0.1, -0.05) is 13.0 Å². The lowest BCUT2D eigenvalue weighted by molar-refractivity contribution is -0.137. The zero-order valence-electron chi connectivity index (χ0n) is 21.5. The normalized spacial score (nSPS) is 25.4. The van der Waals surface area contributed by atoms with Crippen LogP contribution in [0.2, 0.25) is 0 Å². The third-order valence-corrected chi connectivity index (χ3v) is 9.40. The summed E-state index contributed by atoms with van der Waals surface area (Å²) in [5.74, 6) is -4.31. The maximum absolute atomic E-state index is 15.5. The van der Waals surface area contributed by atoms with Gasteiger partial charge in [0.1, 0.15) is 17.2 Å². The lowest BCUT2D eigenvalue weighted by Crippen LogP contribution is -2.38. The Kier molecular flexibility index (Phi) is 6.71. The van der Waals surface area contributed by atoms with Crippen LogP contribution in [0.3, 0.4) is 0 Å². The lowest BCUT2D eigenvalue weighted by Gasteiger charge is -2.28. The highest BCUT2D eigenvalue weighted by Gasteiger charge is 2.42. The Labute approximate surface area is 226 Å². The first-order chi connectivity index (χ1) is 18.6. The molecule has 2 amide bonds. The second-order valence-electron chi connectivity index (χ2n) is 10.6. The number of allylic oxidation sites excluding steroid dienone is 5. The van der Waals surface area contributed by atoms with Gasteiger partial charge >= 0.3 is 6.18 Å². The van der Waals surface area contributed by atoms with Gasteiger partial charge in [0.2, 0.25) is 15.9 Å². The molecule has 3 aliphatic rings. The van der Waals surface area contributed by atoms with Crippen molar-refractivity contribution in [2.45, 2.75) is 62.7 Å². The van der Waals surface area contributed by atoms with Crippen LogP contribution in [0.25, 0.3) is 10.9 Å². The van der Waals surface area contributed by atoms with E-state index in [9.17, 15) is 35.6 Å². The molecule has 40 heavy (non-hydrogen) atoms. The average molecular weight is 584 g/mol. The number of carbonyl (C=O) groups is 2. The summed E-state index contributed by atoms with van der Waals surface area (Å²) < 4.78 is 99.7. The van der Waals surface area contributed by atoms with Gasteiger partial charge in [0.15, 0.2) is 0 Å². The van der Waals surface area contributed by atoms with Crippen LogP contribution >= 0.6 is 0 Å². The van der Waals surface area contributed by atoms with Crippen LogP contribution in [0.4, 0.5) is 22.0 Å². The molecular weight excluding hydrogens is 557 g/mol. The van der Waals surface area contributed by atoms with Gasteiger partial charge in [0.25, 0.3) is 5.91 Å². The van der Waals surface area contributed by atoms with Gasteiger partial charge in [-0.2, -0.15) is 13.2 Å². The molecule has 1 saturated carbocycles. The minimum atomic E-state index is -4.77. The number of halogens is 5. The van der Waals surface area contributed by atoms with E-state index in [1.165, 1.54) is 17.7 Å². The molecule has 0 spiro atoms. The summed E-state index contributed by atoms with van der Waals surface area (Å²) >= 11 is 0. The number of benzene rings is 1. The molecule has 1 aromatic heterocycles. The highest BCUT2D eigenvalue weighted by atomic mass is 32.2. The molecule has 2 aromatic rings. The number of sulfonamides is 1. The number of carbonyl (C=O) groups excluding carboxylic acids is 2. The van der Waals surface area contributed by atoms with Crippen molar-refractivity contribution in [1.82, 2.24) is 14.6 Å². The molecule has 214 valence electrons. The highest BCUT2D eigenvalue weighted by Crippen LogP contribution is 2.42. The molecule has 1 fully saturated rings.